The minimum atomic E-state index is -0.987. The number of halogens is 1. The molecule has 1 unspecified atom stereocenters. The highest BCUT2D eigenvalue weighted by atomic mass is 35.5. The van der Waals surface area contributed by atoms with Crippen molar-refractivity contribution in [1.82, 2.24) is 10.3 Å². The van der Waals surface area contributed by atoms with Gasteiger partial charge in [-0.3, -0.25) is 9.59 Å². The van der Waals surface area contributed by atoms with E-state index in [0.29, 0.717) is 17.9 Å². The molecule has 1 heterocycles. The van der Waals surface area contributed by atoms with E-state index in [-0.39, 0.29) is 31.2 Å². The van der Waals surface area contributed by atoms with Crippen LogP contribution in [0.5, 0.6) is 0 Å². The van der Waals surface area contributed by atoms with Crippen LogP contribution in [-0.4, -0.2) is 27.1 Å². The SMILES string of the molecule is CC(C)(O)c1ccccc1CCC(NC(=O)CCCC(=O)O)c1cccc(/C=C/c2ccc3ccc(Cl)cc3n2)c1. The van der Waals surface area contributed by atoms with E-state index in [1.165, 1.54) is 0 Å². The maximum atomic E-state index is 12.8. The molecule has 0 saturated heterocycles. The van der Waals surface area contributed by atoms with Crippen LogP contribution in [0.25, 0.3) is 23.1 Å². The monoisotopic (exact) mass is 570 g/mol. The summed E-state index contributed by atoms with van der Waals surface area (Å²) in [4.78, 5) is 28.4. The lowest BCUT2D eigenvalue weighted by Gasteiger charge is -2.24. The zero-order valence-electron chi connectivity index (χ0n) is 23.3. The predicted molar refractivity (Wildman–Crippen MR) is 165 cm³/mol. The Morgan fingerprint density at radius 1 is 0.976 bits per heavy atom. The number of carbonyl (C=O) groups excluding carboxylic acids is 1. The second kappa shape index (κ2) is 13.6. The number of aliphatic carboxylic acids is 1. The number of nitrogens with one attached hydrogen (secondary N) is 1. The summed E-state index contributed by atoms with van der Waals surface area (Å²) in [5.41, 5.74) is 4.41. The lowest BCUT2D eigenvalue weighted by molar-refractivity contribution is -0.137. The lowest BCUT2D eigenvalue weighted by Crippen LogP contribution is -2.29. The molecule has 0 aliphatic carbocycles. The van der Waals surface area contributed by atoms with Crippen LogP contribution in [-0.2, 0) is 21.6 Å². The minimum Gasteiger partial charge on any atom is -0.481 e. The summed E-state index contributed by atoms with van der Waals surface area (Å²) in [6.07, 6.45) is 5.55. The van der Waals surface area contributed by atoms with Crippen molar-refractivity contribution < 1.29 is 19.8 Å². The Balaban J connectivity index is 1.56. The molecule has 0 bridgehead atoms. The van der Waals surface area contributed by atoms with Crippen molar-refractivity contribution in [2.24, 2.45) is 0 Å². The molecule has 4 rings (SSSR count). The first-order valence-corrected chi connectivity index (χ1v) is 14.1. The summed E-state index contributed by atoms with van der Waals surface area (Å²) in [7, 11) is 0. The molecule has 0 spiro atoms. The number of aliphatic hydroxyl groups is 1. The van der Waals surface area contributed by atoms with Gasteiger partial charge in [-0.1, -0.05) is 72.3 Å². The molecule has 6 nitrogen and oxygen atoms in total. The molecular weight excluding hydrogens is 536 g/mol. The summed E-state index contributed by atoms with van der Waals surface area (Å²) in [5.74, 6) is -1.10. The third-order valence-electron chi connectivity index (χ3n) is 6.94. The van der Waals surface area contributed by atoms with Gasteiger partial charge in [0.25, 0.3) is 0 Å². The highest BCUT2D eigenvalue weighted by Crippen LogP contribution is 2.28. The number of pyridine rings is 1. The first-order valence-electron chi connectivity index (χ1n) is 13.7. The Morgan fingerprint density at radius 3 is 2.54 bits per heavy atom. The van der Waals surface area contributed by atoms with E-state index in [9.17, 15) is 14.7 Å². The van der Waals surface area contributed by atoms with Gasteiger partial charge in [0.05, 0.1) is 22.9 Å². The fraction of sp³-hybridized carbons (Fsp3) is 0.265. The van der Waals surface area contributed by atoms with Gasteiger partial charge in [-0.05, 0) is 85.7 Å². The van der Waals surface area contributed by atoms with Crippen LogP contribution in [0.1, 0.15) is 73.5 Å². The highest BCUT2D eigenvalue weighted by molar-refractivity contribution is 6.31. The molecule has 0 radical (unpaired) electrons. The minimum absolute atomic E-state index is 0.0493. The van der Waals surface area contributed by atoms with E-state index in [0.717, 1.165) is 38.9 Å². The number of carboxylic acid groups (broad SMARTS) is 1. The summed E-state index contributed by atoms with van der Waals surface area (Å²) in [6.45, 7) is 3.53. The van der Waals surface area contributed by atoms with Gasteiger partial charge < -0.3 is 15.5 Å². The van der Waals surface area contributed by atoms with E-state index < -0.39 is 11.6 Å². The zero-order chi connectivity index (χ0) is 29.4. The molecule has 1 atom stereocenters. The number of nitrogens with zero attached hydrogens (tertiary/aromatic N) is 1. The number of carbonyl (C=O) groups is 2. The van der Waals surface area contributed by atoms with E-state index in [4.69, 9.17) is 16.7 Å². The number of aryl methyl sites for hydroxylation is 1. The van der Waals surface area contributed by atoms with Crippen LogP contribution >= 0.6 is 11.6 Å². The Hall–Kier alpha value is -4.00. The smallest absolute Gasteiger partial charge is 0.303 e. The van der Waals surface area contributed by atoms with Crippen LogP contribution < -0.4 is 5.32 Å². The Labute approximate surface area is 245 Å². The molecular formula is C34H35ClN2O4. The average Bonchev–Trinajstić information content (AvgIpc) is 2.93. The quantitative estimate of drug-likeness (QED) is 0.165. The Kier molecular flexibility index (Phi) is 9.92. The topological polar surface area (TPSA) is 99.5 Å². The molecule has 3 N–H and O–H groups in total. The zero-order valence-corrected chi connectivity index (χ0v) is 24.1. The third kappa shape index (κ3) is 8.74. The van der Waals surface area contributed by atoms with Gasteiger partial charge in [-0.2, -0.15) is 0 Å². The summed E-state index contributed by atoms with van der Waals surface area (Å²) in [5, 5.41) is 24.4. The molecule has 4 aromatic rings. The number of amides is 1. The van der Waals surface area contributed by atoms with Gasteiger partial charge in [-0.25, -0.2) is 4.98 Å². The van der Waals surface area contributed by atoms with Gasteiger partial charge in [-0.15, -0.1) is 0 Å². The number of benzene rings is 3. The fourth-order valence-corrected chi connectivity index (χ4v) is 5.05. The van der Waals surface area contributed by atoms with Crippen molar-refractivity contribution in [3.8, 4) is 0 Å². The van der Waals surface area contributed by atoms with E-state index in [2.05, 4.69) is 10.3 Å². The number of aromatic nitrogens is 1. The van der Waals surface area contributed by atoms with Gasteiger partial charge in [0.1, 0.15) is 0 Å². The van der Waals surface area contributed by atoms with Gasteiger partial charge in [0.2, 0.25) is 5.91 Å². The molecule has 212 valence electrons. The van der Waals surface area contributed by atoms with Crippen molar-refractivity contribution in [1.29, 1.82) is 0 Å². The number of hydrogen-bond acceptors (Lipinski definition) is 4. The standard InChI is InChI=1S/C34H35ClN2O4/c1-34(2,41)29-10-4-3-8-24(29)16-20-30(37-32(38)11-6-12-33(39)40)26-9-5-7-23(21-26)13-18-28-19-15-25-14-17-27(35)22-31(25)36-28/h3-5,7-10,13-15,17-19,21-22,30,41H,6,11-12,16,20H2,1-2H3,(H,37,38)(H,39,40)/b18-13+. The lowest BCUT2D eigenvalue weighted by atomic mass is 9.89. The van der Waals surface area contributed by atoms with Crippen molar-refractivity contribution in [2.45, 2.75) is 57.6 Å². The molecule has 1 aromatic heterocycles. The first-order chi connectivity index (χ1) is 19.6. The molecule has 41 heavy (non-hydrogen) atoms. The molecule has 0 aliphatic rings. The molecule has 0 aliphatic heterocycles. The largest absolute Gasteiger partial charge is 0.481 e. The molecule has 0 fully saturated rings. The Bertz CT molecular complexity index is 1560. The predicted octanol–water partition coefficient (Wildman–Crippen LogP) is 7.33. The molecule has 3 aromatic carbocycles. The summed E-state index contributed by atoms with van der Waals surface area (Å²) in [6, 6.07) is 25.1. The van der Waals surface area contributed by atoms with Gasteiger partial charge >= 0.3 is 5.97 Å². The number of hydrogen-bond donors (Lipinski definition) is 3. The highest BCUT2D eigenvalue weighted by Gasteiger charge is 2.21. The van der Waals surface area contributed by atoms with E-state index >= 15 is 0 Å². The summed E-state index contributed by atoms with van der Waals surface area (Å²) < 4.78 is 0. The fourth-order valence-electron chi connectivity index (χ4n) is 4.88. The number of carboxylic acids is 1. The third-order valence-corrected chi connectivity index (χ3v) is 7.18. The van der Waals surface area contributed by atoms with Crippen molar-refractivity contribution >= 4 is 46.5 Å². The summed E-state index contributed by atoms with van der Waals surface area (Å²) >= 11 is 6.14. The van der Waals surface area contributed by atoms with Crippen LogP contribution in [0.3, 0.4) is 0 Å². The van der Waals surface area contributed by atoms with Crippen LogP contribution in [0.2, 0.25) is 5.02 Å². The van der Waals surface area contributed by atoms with Gasteiger partial charge in [0.15, 0.2) is 0 Å². The van der Waals surface area contributed by atoms with Crippen molar-refractivity contribution in [3.63, 3.8) is 0 Å². The molecule has 0 saturated carbocycles. The van der Waals surface area contributed by atoms with Crippen LogP contribution in [0.4, 0.5) is 0 Å². The molecule has 7 heteroatoms. The first kappa shape index (κ1) is 30.0. The van der Waals surface area contributed by atoms with Crippen LogP contribution in [0.15, 0.2) is 78.9 Å². The number of rotatable bonds is 12. The van der Waals surface area contributed by atoms with Crippen molar-refractivity contribution in [3.05, 3.63) is 112 Å². The average molecular weight is 571 g/mol. The molecule has 1 amide bonds. The maximum Gasteiger partial charge on any atom is 0.303 e. The van der Waals surface area contributed by atoms with E-state index in [1.807, 2.05) is 91.0 Å². The maximum absolute atomic E-state index is 12.8. The number of fused-ring (bicyclic) bond motifs is 1. The second-order valence-corrected chi connectivity index (χ2v) is 11.1. The normalized spacial score (nSPS) is 12.5. The van der Waals surface area contributed by atoms with Gasteiger partial charge in [0, 0.05) is 23.3 Å². The van der Waals surface area contributed by atoms with Crippen molar-refractivity contribution in [2.75, 3.05) is 0 Å². The van der Waals surface area contributed by atoms with E-state index in [1.54, 1.807) is 13.8 Å². The Morgan fingerprint density at radius 2 is 1.76 bits per heavy atom. The van der Waals surface area contributed by atoms with Crippen LogP contribution in [0, 0.1) is 0 Å². The second-order valence-electron chi connectivity index (χ2n) is 10.7.